The molecule has 1 heterocycles. The molecule has 7 heteroatoms. The Morgan fingerprint density at radius 1 is 1.43 bits per heavy atom. The smallest absolute Gasteiger partial charge is 0.257 e. The monoisotopic (exact) mass is 319 g/mol. The Hall–Kier alpha value is -2.54. The highest BCUT2D eigenvalue weighted by molar-refractivity contribution is 5.97. The highest BCUT2D eigenvalue weighted by Gasteiger charge is 2.23. The van der Waals surface area contributed by atoms with Crippen LogP contribution in [0, 0.1) is 0 Å². The van der Waals surface area contributed by atoms with Crippen molar-refractivity contribution in [2.45, 2.75) is 13.0 Å². The van der Waals surface area contributed by atoms with Crippen LogP contribution in [0.5, 0.6) is 11.5 Å². The summed E-state index contributed by atoms with van der Waals surface area (Å²) in [5.41, 5.74) is 6.60. The minimum absolute atomic E-state index is 0.185. The van der Waals surface area contributed by atoms with E-state index in [2.05, 4.69) is 5.16 Å². The molecule has 0 fully saturated rings. The lowest BCUT2D eigenvalue weighted by Gasteiger charge is -2.24. The third kappa shape index (κ3) is 3.81. The van der Waals surface area contributed by atoms with Crippen molar-refractivity contribution in [2.24, 2.45) is 5.73 Å². The van der Waals surface area contributed by atoms with Crippen molar-refractivity contribution in [3.8, 4) is 11.5 Å². The zero-order valence-electron chi connectivity index (χ0n) is 13.5. The van der Waals surface area contributed by atoms with E-state index in [1.54, 1.807) is 43.3 Å². The number of carbonyl (C=O) groups excluding carboxylic acids is 1. The Morgan fingerprint density at radius 3 is 2.83 bits per heavy atom. The Bertz CT molecular complexity index is 643. The van der Waals surface area contributed by atoms with Crippen LogP contribution in [0.25, 0.3) is 0 Å². The Labute approximate surface area is 134 Å². The summed E-state index contributed by atoms with van der Waals surface area (Å²) in [6.45, 7) is 2.55. The van der Waals surface area contributed by atoms with Gasteiger partial charge in [-0.15, -0.1) is 0 Å². The van der Waals surface area contributed by atoms with Crippen LogP contribution in [0.3, 0.4) is 0 Å². The average Bonchev–Trinajstić information content (AvgIpc) is 3.12. The Balaban J connectivity index is 2.26. The van der Waals surface area contributed by atoms with E-state index in [1.807, 2.05) is 6.92 Å². The summed E-state index contributed by atoms with van der Waals surface area (Å²) in [7, 11) is 3.26. The lowest BCUT2D eigenvalue weighted by molar-refractivity contribution is 0.0733. The number of carbonyl (C=O) groups is 1. The molecule has 0 aliphatic heterocycles. The van der Waals surface area contributed by atoms with Gasteiger partial charge in [0.25, 0.3) is 5.91 Å². The fourth-order valence-electron chi connectivity index (χ4n) is 2.10. The highest BCUT2D eigenvalue weighted by atomic mass is 16.5. The van der Waals surface area contributed by atoms with Crippen molar-refractivity contribution in [3.63, 3.8) is 0 Å². The number of nitrogens with two attached hydrogens (primary N) is 1. The van der Waals surface area contributed by atoms with E-state index in [0.29, 0.717) is 35.9 Å². The molecule has 0 radical (unpaired) electrons. The van der Waals surface area contributed by atoms with Crippen LogP contribution in [-0.2, 0) is 0 Å². The minimum atomic E-state index is -0.231. The quantitative estimate of drug-likeness (QED) is 0.837. The number of amides is 1. The summed E-state index contributed by atoms with van der Waals surface area (Å²) in [5, 5.41) is 3.88. The first-order valence-corrected chi connectivity index (χ1v) is 7.26. The summed E-state index contributed by atoms with van der Waals surface area (Å²) in [6.07, 6.45) is 1.48. The zero-order valence-corrected chi connectivity index (χ0v) is 13.5. The second kappa shape index (κ2) is 7.64. The first-order valence-electron chi connectivity index (χ1n) is 7.26. The van der Waals surface area contributed by atoms with Crippen molar-refractivity contribution in [3.05, 3.63) is 41.8 Å². The first-order chi connectivity index (χ1) is 11.1. The largest absolute Gasteiger partial charge is 0.497 e. The van der Waals surface area contributed by atoms with Crippen molar-refractivity contribution in [1.29, 1.82) is 0 Å². The van der Waals surface area contributed by atoms with Crippen LogP contribution < -0.4 is 15.2 Å². The highest BCUT2D eigenvalue weighted by Crippen LogP contribution is 2.28. The molecule has 1 atom stereocenters. The number of methoxy groups -OCH3 is 1. The summed E-state index contributed by atoms with van der Waals surface area (Å²) in [5.74, 6) is 0.870. The van der Waals surface area contributed by atoms with Crippen molar-refractivity contribution >= 4 is 5.91 Å². The van der Waals surface area contributed by atoms with Gasteiger partial charge in [0.2, 0.25) is 0 Å². The summed E-state index contributed by atoms with van der Waals surface area (Å²) in [4.78, 5) is 14.4. The van der Waals surface area contributed by atoms with Gasteiger partial charge in [-0.25, -0.2) is 0 Å². The predicted octanol–water partition coefficient (Wildman–Crippen LogP) is 1.85. The molecule has 23 heavy (non-hydrogen) atoms. The standard InChI is InChI=1S/C16H21N3O4/c1-11(14-6-8-23-18-14)19(2)16(20)13-5-4-12(21-3)10-15(13)22-9-7-17/h4-6,8,10-11H,7,9,17H2,1-3H3/t11-/m0/s1. The second-order valence-electron chi connectivity index (χ2n) is 5.02. The number of aromatic nitrogens is 1. The van der Waals surface area contributed by atoms with Gasteiger partial charge in [-0.3, -0.25) is 4.79 Å². The second-order valence-corrected chi connectivity index (χ2v) is 5.02. The molecule has 0 bridgehead atoms. The van der Waals surface area contributed by atoms with Gasteiger partial charge in [0.15, 0.2) is 0 Å². The van der Waals surface area contributed by atoms with Gasteiger partial charge in [0.05, 0.1) is 18.7 Å². The van der Waals surface area contributed by atoms with Crippen LogP contribution in [0.2, 0.25) is 0 Å². The lowest BCUT2D eigenvalue weighted by Crippen LogP contribution is -2.30. The molecule has 0 unspecified atom stereocenters. The molecule has 2 N–H and O–H groups in total. The molecule has 7 nitrogen and oxygen atoms in total. The average molecular weight is 319 g/mol. The molecule has 0 aliphatic carbocycles. The number of hydrogen-bond acceptors (Lipinski definition) is 6. The number of ether oxygens (including phenoxy) is 2. The van der Waals surface area contributed by atoms with Gasteiger partial charge >= 0.3 is 0 Å². The van der Waals surface area contributed by atoms with E-state index in [0.717, 1.165) is 0 Å². The number of rotatable bonds is 7. The predicted molar refractivity (Wildman–Crippen MR) is 84.6 cm³/mol. The third-order valence-corrected chi connectivity index (χ3v) is 3.58. The van der Waals surface area contributed by atoms with Crippen molar-refractivity contribution in [1.82, 2.24) is 10.1 Å². The van der Waals surface area contributed by atoms with E-state index in [9.17, 15) is 4.79 Å². The maximum Gasteiger partial charge on any atom is 0.257 e. The minimum Gasteiger partial charge on any atom is -0.497 e. The molecule has 0 spiro atoms. The van der Waals surface area contributed by atoms with Gasteiger partial charge in [-0.1, -0.05) is 5.16 Å². The molecule has 2 rings (SSSR count). The molecule has 1 aromatic carbocycles. The van der Waals surface area contributed by atoms with Crippen LogP contribution in [0.1, 0.15) is 29.0 Å². The maximum absolute atomic E-state index is 12.8. The van der Waals surface area contributed by atoms with Crippen LogP contribution >= 0.6 is 0 Å². The molecule has 2 aromatic rings. The van der Waals surface area contributed by atoms with E-state index < -0.39 is 0 Å². The fourth-order valence-corrected chi connectivity index (χ4v) is 2.10. The maximum atomic E-state index is 12.8. The van der Waals surface area contributed by atoms with Gasteiger partial charge < -0.3 is 24.6 Å². The molecule has 0 aliphatic rings. The molecular weight excluding hydrogens is 298 g/mol. The number of nitrogens with zero attached hydrogens (tertiary/aromatic N) is 2. The van der Waals surface area contributed by atoms with Gasteiger partial charge in [0.1, 0.15) is 30.1 Å². The fraction of sp³-hybridized carbons (Fsp3) is 0.375. The van der Waals surface area contributed by atoms with Crippen molar-refractivity contribution < 1.29 is 18.8 Å². The van der Waals surface area contributed by atoms with Crippen LogP contribution in [-0.4, -0.2) is 43.3 Å². The summed E-state index contributed by atoms with van der Waals surface area (Å²) in [6, 6.07) is 6.58. The van der Waals surface area contributed by atoms with Gasteiger partial charge in [0, 0.05) is 25.7 Å². The normalized spacial score (nSPS) is 11.8. The first kappa shape index (κ1) is 16.8. The lowest BCUT2D eigenvalue weighted by atomic mass is 10.1. The van der Waals surface area contributed by atoms with Crippen LogP contribution in [0.15, 0.2) is 35.1 Å². The van der Waals surface area contributed by atoms with E-state index >= 15 is 0 Å². The number of benzene rings is 1. The van der Waals surface area contributed by atoms with E-state index in [-0.39, 0.29) is 11.9 Å². The SMILES string of the molecule is COc1ccc(C(=O)N(C)[C@@H](C)c2ccon2)c(OCCN)c1. The molecule has 0 saturated carbocycles. The molecule has 1 aromatic heterocycles. The Kier molecular flexibility index (Phi) is 5.59. The van der Waals surface area contributed by atoms with Gasteiger partial charge in [-0.2, -0.15) is 0 Å². The molecule has 124 valence electrons. The van der Waals surface area contributed by atoms with Gasteiger partial charge in [-0.05, 0) is 19.1 Å². The zero-order chi connectivity index (χ0) is 16.8. The third-order valence-electron chi connectivity index (χ3n) is 3.58. The van der Waals surface area contributed by atoms with E-state index in [4.69, 9.17) is 19.7 Å². The molecular formula is C16H21N3O4. The summed E-state index contributed by atoms with van der Waals surface area (Å²) >= 11 is 0. The topological polar surface area (TPSA) is 90.8 Å². The van der Waals surface area contributed by atoms with Crippen LogP contribution in [0.4, 0.5) is 0 Å². The number of hydrogen-bond donors (Lipinski definition) is 1. The Morgan fingerprint density at radius 2 is 2.22 bits per heavy atom. The summed E-state index contributed by atoms with van der Waals surface area (Å²) < 4.78 is 15.6. The molecule has 1 amide bonds. The molecule has 0 saturated heterocycles. The van der Waals surface area contributed by atoms with E-state index in [1.165, 1.54) is 6.26 Å². The van der Waals surface area contributed by atoms with Crippen molar-refractivity contribution in [2.75, 3.05) is 27.3 Å².